The Morgan fingerprint density at radius 2 is 0.785 bits per heavy atom. The number of primary amides is 1. The number of amides is 15. The van der Waals surface area contributed by atoms with Gasteiger partial charge in [0.05, 0.1) is 43.1 Å². The predicted octanol–water partition coefficient (Wildman–Crippen LogP) is -8.61. The molecule has 2 heterocycles. The smallest absolute Gasteiger partial charge is 0.326 e. The number of imidazole rings is 2. The number of carboxylic acids is 3. The number of H-pyrrole nitrogens is 2. The van der Waals surface area contributed by atoms with Crippen LogP contribution in [0.15, 0.2) is 55.4 Å². The van der Waals surface area contributed by atoms with Crippen molar-refractivity contribution in [2.75, 3.05) is 38.5 Å². The lowest BCUT2D eigenvalue weighted by molar-refractivity contribution is -0.142. The number of carbonyl (C=O) groups excluding carboxylic acids is 15. The van der Waals surface area contributed by atoms with Gasteiger partial charge < -0.3 is 150 Å². The lowest BCUT2D eigenvalue weighted by Crippen LogP contribution is -2.62. The Hall–Kier alpha value is -13.2. The van der Waals surface area contributed by atoms with Crippen molar-refractivity contribution >= 4 is 131 Å². The van der Waals surface area contributed by atoms with Crippen molar-refractivity contribution in [3.63, 3.8) is 0 Å². The zero-order chi connectivity index (χ0) is 97.3. The minimum Gasteiger partial charge on any atom is -0.481 e. The summed E-state index contributed by atoms with van der Waals surface area (Å²) in [6, 6.07) is -16.0. The molecule has 50 nitrogen and oxygen atoms in total. The number of aliphatic hydroxyl groups is 1. The van der Waals surface area contributed by atoms with Crippen LogP contribution in [0.4, 0.5) is 0 Å². The fraction of sp³-hybridized carbons (Fsp3) is 0.595. The summed E-state index contributed by atoms with van der Waals surface area (Å²) in [6.45, 7) is 6.47. The average molecular weight is 1850 g/mol. The van der Waals surface area contributed by atoms with Crippen LogP contribution in [0.25, 0.3) is 0 Å². The number of aliphatic carboxylic acids is 3. The van der Waals surface area contributed by atoms with Crippen molar-refractivity contribution in [2.24, 2.45) is 46.2 Å². The predicted molar refractivity (Wildman–Crippen MR) is 470 cm³/mol. The van der Waals surface area contributed by atoms with E-state index in [0.29, 0.717) is 18.4 Å². The number of rotatable bonds is 64. The SMILES string of the molecule is CC(C)C[C@H](NC(=O)[C@H](CCC(=O)O)NC(=O)[C@H](CC(=O)O)NC(=O)[C@H](CO)NC(=O)[C@H](CCCNC(=N)N)NC(=O)[C@H](C)NC(=O)[C@H](Cc1ccccc1)NC(=O)[C@H](CCCCN)NC(=O)[C@H](CCCCN)NC(=O)[C@H](CCC(N)=O)NC(=O)[C@@H](N)CS)C(=O)N[C@H](C(=O)N[C@@H](CCCNC(=N)N)C(=O)N[C@@H](Cc1c[nH]cn1)C(=O)N[C@@H](Cc1c[nH]cn1)C(=O)O)C(C)C. The van der Waals surface area contributed by atoms with Crippen LogP contribution in [0.1, 0.15) is 154 Å². The summed E-state index contributed by atoms with van der Waals surface area (Å²) >= 11 is 4.03. The second-order valence-electron chi connectivity index (χ2n) is 31.4. The maximum atomic E-state index is 14.6. The minimum absolute atomic E-state index is 0.00152. The van der Waals surface area contributed by atoms with E-state index in [0.717, 1.165) is 0 Å². The van der Waals surface area contributed by atoms with Gasteiger partial charge in [-0.2, -0.15) is 12.6 Å². The van der Waals surface area contributed by atoms with Gasteiger partial charge in [0, 0.05) is 63.3 Å². The van der Waals surface area contributed by atoms with Crippen LogP contribution in [0.3, 0.4) is 0 Å². The molecule has 0 radical (unpaired) electrons. The number of carbonyl (C=O) groups is 18. The largest absolute Gasteiger partial charge is 0.481 e. The van der Waals surface area contributed by atoms with Gasteiger partial charge in [-0.1, -0.05) is 58.0 Å². The third-order valence-electron chi connectivity index (χ3n) is 19.8. The van der Waals surface area contributed by atoms with E-state index in [1.54, 1.807) is 44.2 Å². The lowest BCUT2D eigenvalue weighted by Gasteiger charge is -2.29. The quantitative estimate of drug-likeness (QED) is 0.0108. The van der Waals surface area contributed by atoms with Crippen LogP contribution in [-0.2, 0) is 106 Å². The van der Waals surface area contributed by atoms with Gasteiger partial charge in [0.25, 0.3) is 0 Å². The zero-order valence-electron chi connectivity index (χ0n) is 73.1. The highest BCUT2D eigenvalue weighted by molar-refractivity contribution is 7.80. The molecule has 0 aliphatic carbocycles. The maximum Gasteiger partial charge on any atom is 0.326 e. The van der Waals surface area contributed by atoms with Crippen LogP contribution < -0.4 is 119 Å². The van der Waals surface area contributed by atoms with E-state index in [2.05, 4.69) is 118 Å². The number of nitrogens with two attached hydrogens (primary N) is 6. The Kier molecular flexibility index (Phi) is 50.4. The Balaban J connectivity index is 1.94. The number of aromatic nitrogens is 4. The van der Waals surface area contributed by atoms with Crippen LogP contribution in [0.5, 0.6) is 0 Å². The molecular weight excluding hydrogens is 1730 g/mol. The summed E-state index contributed by atoms with van der Waals surface area (Å²) in [5, 5.41) is 95.3. The molecule has 51 heteroatoms. The van der Waals surface area contributed by atoms with Crippen molar-refractivity contribution in [1.82, 2.24) is 105 Å². The molecule has 0 fully saturated rings. The Morgan fingerprint density at radius 1 is 0.415 bits per heavy atom. The molecular formula is C79H128N28O22S. The van der Waals surface area contributed by atoms with Gasteiger partial charge in [0.15, 0.2) is 11.9 Å². The highest BCUT2D eigenvalue weighted by Crippen LogP contribution is 2.16. The van der Waals surface area contributed by atoms with Crippen molar-refractivity contribution < 1.29 is 107 Å². The first-order chi connectivity index (χ1) is 61.5. The molecule has 0 bridgehead atoms. The summed E-state index contributed by atoms with van der Waals surface area (Å²) in [4.78, 5) is 261. The van der Waals surface area contributed by atoms with Gasteiger partial charge in [-0.05, 0) is 121 Å². The zero-order valence-corrected chi connectivity index (χ0v) is 74.0. The fourth-order valence-electron chi connectivity index (χ4n) is 12.7. The molecule has 0 saturated carbocycles. The number of guanidine groups is 2. The third kappa shape index (κ3) is 42.6. The van der Waals surface area contributed by atoms with Gasteiger partial charge in [-0.3, -0.25) is 92.3 Å². The average Bonchev–Trinajstić information content (AvgIpc) is 0.981. The molecule has 0 spiro atoms. The van der Waals surface area contributed by atoms with Crippen LogP contribution in [0.2, 0.25) is 0 Å². The van der Waals surface area contributed by atoms with Gasteiger partial charge in [-0.25, -0.2) is 14.8 Å². The van der Waals surface area contributed by atoms with Crippen molar-refractivity contribution in [3.05, 3.63) is 72.3 Å². The van der Waals surface area contributed by atoms with Crippen LogP contribution in [0, 0.1) is 22.7 Å². The topological polar surface area (TPSA) is 842 Å². The molecule has 15 atom stereocenters. The normalized spacial score (nSPS) is 14.6. The molecule has 0 saturated heterocycles. The molecule has 3 aromatic rings. The summed E-state index contributed by atoms with van der Waals surface area (Å²) in [7, 11) is 0. The molecule has 130 heavy (non-hydrogen) atoms. The molecule has 722 valence electrons. The Labute approximate surface area is 754 Å². The van der Waals surface area contributed by atoms with E-state index in [4.69, 9.17) is 45.2 Å². The van der Waals surface area contributed by atoms with Crippen molar-refractivity contribution in [1.29, 1.82) is 10.8 Å². The van der Waals surface area contributed by atoms with Crippen molar-refractivity contribution in [3.8, 4) is 0 Å². The molecule has 0 aliphatic heterocycles. The number of carboxylic acid groups (broad SMARTS) is 3. The van der Waals surface area contributed by atoms with E-state index in [9.17, 15) is 107 Å². The van der Waals surface area contributed by atoms with E-state index in [-0.39, 0.29) is 133 Å². The molecule has 3 rings (SSSR count). The van der Waals surface area contributed by atoms with Gasteiger partial charge in [-0.15, -0.1) is 0 Å². The molecule has 1 aromatic carbocycles. The molecule has 15 amide bonds. The van der Waals surface area contributed by atoms with Gasteiger partial charge in [0.2, 0.25) is 88.6 Å². The van der Waals surface area contributed by atoms with Crippen LogP contribution >= 0.6 is 12.6 Å². The van der Waals surface area contributed by atoms with E-state index >= 15 is 0 Å². The highest BCUT2D eigenvalue weighted by Gasteiger charge is 2.40. The van der Waals surface area contributed by atoms with Crippen LogP contribution in [-0.4, -0.2) is 288 Å². The van der Waals surface area contributed by atoms with E-state index < -0.39 is 247 Å². The number of aliphatic hydroxyl groups excluding tert-OH is 1. The maximum absolute atomic E-state index is 14.6. The number of benzene rings is 1. The second-order valence-corrected chi connectivity index (χ2v) is 31.8. The first kappa shape index (κ1) is 111. The Bertz CT molecular complexity index is 4250. The van der Waals surface area contributed by atoms with E-state index in [1.807, 2.05) is 0 Å². The first-order valence-electron chi connectivity index (χ1n) is 42.2. The number of aromatic amines is 2. The standard InChI is InChI=1S/C79H128N28O22S/c1-40(2)29-53(74(125)107-62(41(3)4)76(127)100-50(20-14-28-91-79(86)87)67(118)103-55(31-44-34-88-38-92-44)72(123)105-57(77(128)129)32-45-35-89-39-93-45)101-70(121)52(22-24-60(110)111)99-73(124)56(33-61(112)113)104-75(126)58(36-108)106-68(119)49(19-13-27-90-78(84)85)95-63(114)42(5)94-71(122)54(30-43-15-7-6-8-16-43)102-66(117)48(18-10-12-26-81)97-65(116)47(17-9-11-25-80)98-69(120)51(21-23-59(83)109)96-64(115)46(82)37-130/h6-8,15-16,34-35,38-42,46-58,62,108,130H,9-14,17-33,36-37,80-82H2,1-5H3,(H2,83,109)(H,88,92)(H,89,93)(H,94,122)(H,95,114)(H,96,115)(H,97,116)(H,98,120)(H,99,124)(H,100,127)(H,101,121)(H,102,117)(H,103,118)(H,104,126)(H,105,123)(H,106,119)(H,107,125)(H,110,111)(H,112,113)(H,128,129)(H4,84,85,90)(H4,86,87,91)/t42-,46-,47-,48-,49-,50-,51-,52-,53-,54-,55-,56-,57-,58-,62-/m0/s1. The van der Waals surface area contributed by atoms with Crippen molar-refractivity contribution in [2.45, 2.75) is 247 Å². The summed E-state index contributed by atoms with van der Waals surface area (Å²) in [5.41, 5.74) is 34.8. The lowest BCUT2D eigenvalue weighted by atomic mass is 9.98. The third-order valence-corrected chi connectivity index (χ3v) is 20.2. The fourth-order valence-corrected chi connectivity index (χ4v) is 12.9. The molecule has 0 unspecified atom stereocenters. The number of thiol groups is 1. The second kappa shape index (κ2) is 59.0. The van der Waals surface area contributed by atoms with E-state index in [1.165, 1.54) is 45.8 Å². The number of hydrogen-bond acceptors (Lipinski definition) is 27. The Morgan fingerprint density at radius 3 is 1.20 bits per heavy atom. The number of unbranched alkanes of at least 4 members (excludes halogenated alkanes) is 2. The summed E-state index contributed by atoms with van der Waals surface area (Å²) in [6.07, 6.45) is 1.49. The highest BCUT2D eigenvalue weighted by atomic mass is 32.1. The summed E-state index contributed by atoms with van der Waals surface area (Å²) in [5.74, 6) is -22.7. The molecule has 0 aliphatic rings. The number of nitrogens with zero attached hydrogens (tertiary/aromatic N) is 2. The number of hydrogen-bond donors (Lipinski definition) is 31. The number of nitrogens with one attached hydrogen (secondary N) is 20. The van der Waals surface area contributed by atoms with Gasteiger partial charge in [0.1, 0.15) is 84.6 Å². The first-order valence-corrected chi connectivity index (χ1v) is 42.9. The molecule has 36 N–H and O–H groups in total. The monoisotopic (exact) mass is 1850 g/mol. The molecule has 2 aromatic heterocycles. The minimum atomic E-state index is -2.21. The summed E-state index contributed by atoms with van der Waals surface area (Å²) < 4.78 is 0. The van der Waals surface area contributed by atoms with Gasteiger partial charge >= 0.3 is 17.9 Å².